The van der Waals surface area contributed by atoms with Gasteiger partial charge in [0.2, 0.25) is 0 Å². The molecule has 0 aliphatic rings. The normalized spacial score (nSPS) is 13.9. The van der Waals surface area contributed by atoms with E-state index in [1.54, 1.807) is 18.7 Å². The minimum absolute atomic E-state index is 0.195. The van der Waals surface area contributed by atoms with Crippen LogP contribution in [0.2, 0.25) is 0 Å². The lowest BCUT2D eigenvalue weighted by Crippen LogP contribution is -2.41. The standard InChI is InChI=1S/C15H19N3O2S/c1-15(20,7-8-21-2)10-17-14(19)13-9-16-11-5-3-4-6-12(11)18-13/h3-6,9,20H,7-8,10H2,1-2H3,(H,17,19)/t15-/m0/s1. The zero-order valence-corrected chi connectivity index (χ0v) is 13.0. The molecule has 2 rings (SSSR count). The van der Waals surface area contributed by atoms with Crippen LogP contribution in [0.4, 0.5) is 0 Å². The van der Waals surface area contributed by atoms with Gasteiger partial charge in [-0.1, -0.05) is 12.1 Å². The SMILES string of the molecule is CSCC[C@](C)(O)CNC(=O)c1cnc2ccccc2n1. The summed E-state index contributed by atoms with van der Waals surface area (Å²) in [5.41, 5.74) is 0.776. The molecule has 1 aromatic carbocycles. The molecule has 0 aliphatic heterocycles. The molecule has 1 amide bonds. The summed E-state index contributed by atoms with van der Waals surface area (Å²) in [6, 6.07) is 7.39. The second-order valence-electron chi connectivity index (χ2n) is 5.17. The molecule has 1 atom stereocenters. The minimum Gasteiger partial charge on any atom is -0.388 e. The molecular formula is C15H19N3O2S. The highest BCUT2D eigenvalue weighted by molar-refractivity contribution is 7.98. The van der Waals surface area contributed by atoms with E-state index in [0.717, 1.165) is 11.3 Å². The molecule has 6 heteroatoms. The molecular weight excluding hydrogens is 286 g/mol. The van der Waals surface area contributed by atoms with Crippen LogP contribution in [0.25, 0.3) is 11.0 Å². The van der Waals surface area contributed by atoms with Crippen molar-refractivity contribution in [1.82, 2.24) is 15.3 Å². The lowest BCUT2D eigenvalue weighted by Gasteiger charge is -2.23. The number of hydrogen-bond acceptors (Lipinski definition) is 5. The quantitative estimate of drug-likeness (QED) is 0.852. The van der Waals surface area contributed by atoms with Crippen LogP contribution in [0.3, 0.4) is 0 Å². The van der Waals surface area contributed by atoms with E-state index in [4.69, 9.17) is 0 Å². The van der Waals surface area contributed by atoms with Gasteiger partial charge in [-0.3, -0.25) is 9.78 Å². The van der Waals surface area contributed by atoms with E-state index >= 15 is 0 Å². The monoisotopic (exact) mass is 305 g/mol. The van der Waals surface area contributed by atoms with Crippen LogP contribution in [-0.4, -0.2) is 45.1 Å². The summed E-state index contributed by atoms with van der Waals surface area (Å²) in [7, 11) is 0. The van der Waals surface area contributed by atoms with Gasteiger partial charge >= 0.3 is 0 Å². The van der Waals surface area contributed by atoms with Crippen molar-refractivity contribution in [2.75, 3.05) is 18.6 Å². The third-order valence-corrected chi connectivity index (χ3v) is 3.77. The van der Waals surface area contributed by atoms with E-state index in [0.29, 0.717) is 11.9 Å². The fraction of sp³-hybridized carbons (Fsp3) is 0.400. The molecule has 0 aliphatic carbocycles. The number of carbonyl (C=O) groups excluding carboxylic acids is 1. The highest BCUT2D eigenvalue weighted by Gasteiger charge is 2.21. The van der Waals surface area contributed by atoms with E-state index in [1.807, 2.05) is 30.5 Å². The number of para-hydroxylation sites is 2. The molecule has 0 bridgehead atoms. The first kappa shape index (κ1) is 15.7. The van der Waals surface area contributed by atoms with Gasteiger partial charge in [0.15, 0.2) is 0 Å². The summed E-state index contributed by atoms with van der Waals surface area (Å²) in [6.45, 7) is 1.91. The highest BCUT2D eigenvalue weighted by Crippen LogP contribution is 2.12. The second-order valence-corrected chi connectivity index (χ2v) is 6.15. The molecule has 112 valence electrons. The van der Waals surface area contributed by atoms with E-state index in [-0.39, 0.29) is 18.1 Å². The van der Waals surface area contributed by atoms with Crippen molar-refractivity contribution in [1.29, 1.82) is 0 Å². The Balaban J connectivity index is 2.02. The molecule has 0 radical (unpaired) electrons. The third kappa shape index (κ3) is 4.41. The van der Waals surface area contributed by atoms with Gasteiger partial charge < -0.3 is 10.4 Å². The molecule has 2 N–H and O–H groups in total. The Labute approximate surface area is 128 Å². The van der Waals surface area contributed by atoms with Gasteiger partial charge in [0.1, 0.15) is 5.69 Å². The van der Waals surface area contributed by atoms with Crippen molar-refractivity contribution in [2.45, 2.75) is 18.9 Å². The maximum absolute atomic E-state index is 12.1. The Kier molecular flexibility index (Phi) is 5.14. The Morgan fingerprint density at radius 1 is 1.38 bits per heavy atom. The van der Waals surface area contributed by atoms with Crippen molar-refractivity contribution >= 4 is 28.7 Å². The van der Waals surface area contributed by atoms with Gasteiger partial charge in [0, 0.05) is 6.54 Å². The summed E-state index contributed by atoms with van der Waals surface area (Å²) >= 11 is 1.67. The summed E-state index contributed by atoms with van der Waals surface area (Å²) in [5, 5.41) is 12.9. The van der Waals surface area contributed by atoms with Crippen LogP contribution >= 0.6 is 11.8 Å². The molecule has 21 heavy (non-hydrogen) atoms. The van der Waals surface area contributed by atoms with Crippen LogP contribution < -0.4 is 5.32 Å². The number of aromatic nitrogens is 2. The van der Waals surface area contributed by atoms with E-state index < -0.39 is 5.60 Å². The average Bonchev–Trinajstić information content (AvgIpc) is 2.50. The zero-order chi connectivity index (χ0) is 15.3. The van der Waals surface area contributed by atoms with Crippen LogP contribution in [0.1, 0.15) is 23.8 Å². The lowest BCUT2D eigenvalue weighted by atomic mass is 10.0. The van der Waals surface area contributed by atoms with Crippen molar-refractivity contribution in [3.63, 3.8) is 0 Å². The molecule has 0 saturated heterocycles. The Morgan fingerprint density at radius 2 is 2.10 bits per heavy atom. The fourth-order valence-electron chi connectivity index (χ4n) is 1.84. The van der Waals surface area contributed by atoms with Crippen molar-refractivity contribution in [3.8, 4) is 0 Å². The molecule has 0 fully saturated rings. The van der Waals surface area contributed by atoms with Gasteiger partial charge in [-0.05, 0) is 37.5 Å². The van der Waals surface area contributed by atoms with E-state index in [1.165, 1.54) is 6.20 Å². The number of rotatable bonds is 6. The van der Waals surface area contributed by atoms with E-state index in [9.17, 15) is 9.90 Å². The second kappa shape index (κ2) is 6.87. The molecule has 0 unspecified atom stereocenters. The summed E-state index contributed by atoms with van der Waals surface area (Å²) < 4.78 is 0. The zero-order valence-electron chi connectivity index (χ0n) is 12.2. The van der Waals surface area contributed by atoms with Gasteiger partial charge in [0.25, 0.3) is 5.91 Å². The lowest BCUT2D eigenvalue weighted by molar-refractivity contribution is 0.0527. The number of fused-ring (bicyclic) bond motifs is 1. The molecule has 0 spiro atoms. The molecule has 1 aromatic heterocycles. The first-order valence-corrected chi connectivity index (χ1v) is 8.12. The number of nitrogens with one attached hydrogen (secondary N) is 1. The van der Waals surface area contributed by atoms with Crippen molar-refractivity contribution < 1.29 is 9.90 Å². The highest BCUT2D eigenvalue weighted by atomic mass is 32.2. The van der Waals surface area contributed by atoms with Crippen LogP contribution in [0.15, 0.2) is 30.5 Å². The van der Waals surface area contributed by atoms with Crippen LogP contribution in [-0.2, 0) is 0 Å². The van der Waals surface area contributed by atoms with E-state index in [2.05, 4.69) is 15.3 Å². The molecule has 1 heterocycles. The number of nitrogens with zero attached hydrogens (tertiary/aromatic N) is 2. The third-order valence-electron chi connectivity index (χ3n) is 3.16. The van der Waals surface area contributed by atoms with Gasteiger partial charge in [-0.25, -0.2) is 4.98 Å². The Bertz CT molecular complexity index is 631. The predicted octanol–water partition coefficient (Wildman–Crippen LogP) is 1.86. The van der Waals surface area contributed by atoms with Crippen molar-refractivity contribution in [2.24, 2.45) is 0 Å². The summed E-state index contributed by atoms with van der Waals surface area (Å²) in [4.78, 5) is 20.6. The number of aliphatic hydroxyl groups is 1. The summed E-state index contributed by atoms with van der Waals surface area (Å²) in [5.74, 6) is 0.524. The number of thioether (sulfide) groups is 1. The number of hydrogen-bond donors (Lipinski definition) is 2. The van der Waals surface area contributed by atoms with Crippen LogP contribution in [0.5, 0.6) is 0 Å². The molecule has 5 nitrogen and oxygen atoms in total. The Morgan fingerprint density at radius 3 is 2.81 bits per heavy atom. The largest absolute Gasteiger partial charge is 0.388 e. The fourth-order valence-corrected chi connectivity index (χ4v) is 2.48. The first-order chi connectivity index (χ1) is 10.0. The van der Waals surface area contributed by atoms with Gasteiger partial charge in [0.05, 0.1) is 22.8 Å². The molecule has 2 aromatic rings. The maximum Gasteiger partial charge on any atom is 0.271 e. The number of amides is 1. The minimum atomic E-state index is -0.914. The van der Waals surface area contributed by atoms with Crippen LogP contribution in [0, 0.1) is 0 Å². The Hall–Kier alpha value is -1.66. The predicted molar refractivity (Wildman–Crippen MR) is 85.5 cm³/mol. The van der Waals surface area contributed by atoms with Gasteiger partial charge in [-0.2, -0.15) is 11.8 Å². The van der Waals surface area contributed by atoms with Gasteiger partial charge in [-0.15, -0.1) is 0 Å². The molecule has 0 saturated carbocycles. The number of benzene rings is 1. The smallest absolute Gasteiger partial charge is 0.271 e. The summed E-state index contributed by atoms with van der Waals surface area (Å²) in [6.07, 6.45) is 4.06. The maximum atomic E-state index is 12.1. The first-order valence-electron chi connectivity index (χ1n) is 6.73. The topological polar surface area (TPSA) is 75.1 Å². The van der Waals surface area contributed by atoms with Crippen molar-refractivity contribution in [3.05, 3.63) is 36.2 Å². The average molecular weight is 305 g/mol. The number of carbonyl (C=O) groups is 1.